The lowest BCUT2D eigenvalue weighted by Crippen LogP contribution is -2.48. The van der Waals surface area contributed by atoms with Crippen LogP contribution in [0.2, 0.25) is 0 Å². The van der Waals surface area contributed by atoms with E-state index in [0.29, 0.717) is 0 Å². The largest absolute Gasteiger partial charge is 0.481 e. The molecule has 0 aromatic carbocycles. The van der Waals surface area contributed by atoms with Crippen molar-refractivity contribution in [3.05, 3.63) is 0 Å². The lowest BCUT2D eigenvalue weighted by atomic mass is 10.1. The summed E-state index contributed by atoms with van der Waals surface area (Å²) in [5, 5.41) is 19.3. The molecule has 0 saturated heterocycles. The van der Waals surface area contributed by atoms with Crippen LogP contribution in [-0.4, -0.2) is 40.1 Å². The second-order valence-corrected chi connectivity index (χ2v) is 3.35. The van der Waals surface area contributed by atoms with Crippen LogP contribution >= 0.6 is 0 Å². The summed E-state index contributed by atoms with van der Waals surface area (Å²) >= 11 is 0. The molecule has 0 heterocycles. The fourth-order valence-electron chi connectivity index (χ4n) is 1.02. The van der Waals surface area contributed by atoms with Crippen LogP contribution in [0.25, 0.3) is 0 Å². The number of hydrogen-bond donors (Lipinski definition) is 4. The van der Waals surface area contributed by atoms with Gasteiger partial charge in [-0.05, 0) is 6.42 Å². The maximum Gasteiger partial charge on any atom is 0.326 e. The summed E-state index contributed by atoms with van der Waals surface area (Å²) in [6, 6.07) is -2.27. The second kappa shape index (κ2) is 7.24. The summed E-state index contributed by atoms with van der Waals surface area (Å²) in [4.78, 5) is 32.4. The molecule has 0 aliphatic heterocycles. The zero-order chi connectivity index (χ0) is 13.4. The number of amides is 1. The number of carbonyl (C=O) groups is 3. The number of nitrogens with one attached hydrogen (secondary N) is 1. The van der Waals surface area contributed by atoms with Gasteiger partial charge in [0.25, 0.3) is 0 Å². The molecule has 0 aromatic rings. The van der Waals surface area contributed by atoms with Crippen molar-refractivity contribution in [2.75, 3.05) is 0 Å². The van der Waals surface area contributed by atoms with Crippen LogP contribution in [0, 0.1) is 12.3 Å². The monoisotopic (exact) mass is 242 g/mol. The molecule has 94 valence electrons. The standard InChI is InChI=1S/C10H14N2O5/c1-2-3-6(11)9(15)12-7(10(16)17)4-5-8(13)14/h1,6-7H,3-5,11H2,(H,12,15)(H,13,14)(H,16,17). The van der Waals surface area contributed by atoms with Gasteiger partial charge in [-0.1, -0.05) is 0 Å². The molecule has 0 aromatic heterocycles. The summed E-state index contributed by atoms with van der Waals surface area (Å²) in [6.07, 6.45) is 4.37. The highest BCUT2D eigenvalue weighted by atomic mass is 16.4. The van der Waals surface area contributed by atoms with Crippen LogP contribution in [-0.2, 0) is 14.4 Å². The van der Waals surface area contributed by atoms with E-state index < -0.39 is 29.9 Å². The molecule has 7 nitrogen and oxygen atoms in total. The van der Waals surface area contributed by atoms with Gasteiger partial charge in [0.2, 0.25) is 5.91 Å². The highest BCUT2D eigenvalue weighted by Gasteiger charge is 2.23. The lowest BCUT2D eigenvalue weighted by Gasteiger charge is -2.15. The first kappa shape index (κ1) is 14.9. The molecular formula is C10H14N2O5. The van der Waals surface area contributed by atoms with Gasteiger partial charge in [0.1, 0.15) is 6.04 Å². The number of nitrogens with two attached hydrogens (primary N) is 1. The van der Waals surface area contributed by atoms with E-state index in [0.717, 1.165) is 0 Å². The number of terminal acetylenes is 1. The lowest BCUT2D eigenvalue weighted by molar-refractivity contribution is -0.143. The van der Waals surface area contributed by atoms with E-state index in [9.17, 15) is 14.4 Å². The van der Waals surface area contributed by atoms with Crippen LogP contribution in [0.5, 0.6) is 0 Å². The van der Waals surface area contributed by atoms with Crippen molar-refractivity contribution in [1.82, 2.24) is 5.32 Å². The molecule has 0 bridgehead atoms. The number of rotatable bonds is 7. The van der Waals surface area contributed by atoms with Gasteiger partial charge in [0.05, 0.1) is 6.04 Å². The summed E-state index contributed by atoms with van der Waals surface area (Å²) in [7, 11) is 0. The van der Waals surface area contributed by atoms with Gasteiger partial charge in [-0.15, -0.1) is 12.3 Å². The number of carboxylic acid groups (broad SMARTS) is 2. The van der Waals surface area contributed by atoms with E-state index in [1.165, 1.54) is 0 Å². The van der Waals surface area contributed by atoms with E-state index in [1.54, 1.807) is 0 Å². The predicted molar refractivity (Wildman–Crippen MR) is 57.9 cm³/mol. The van der Waals surface area contributed by atoms with Crippen molar-refractivity contribution in [3.8, 4) is 12.3 Å². The molecule has 0 rings (SSSR count). The fourth-order valence-corrected chi connectivity index (χ4v) is 1.02. The Labute approximate surface area is 98.0 Å². The van der Waals surface area contributed by atoms with E-state index in [4.69, 9.17) is 22.4 Å². The Morgan fingerprint density at radius 3 is 2.35 bits per heavy atom. The number of aliphatic carboxylic acids is 2. The minimum Gasteiger partial charge on any atom is -0.481 e. The Hall–Kier alpha value is -2.07. The Morgan fingerprint density at radius 1 is 1.35 bits per heavy atom. The first-order chi connectivity index (χ1) is 7.88. The molecular weight excluding hydrogens is 228 g/mol. The molecule has 17 heavy (non-hydrogen) atoms. The van der Waals surface area contributed by atoms with E-state index in [1.807, 2.05) is 0 Å². The van der Waals surface area contributed by atoms with E-state index >= 15 is 0 Å². The van der Waals surface area contributed by atoms with Gasteiger partial charge in [-0.25, -0.2) is 4.79 Å². The van der Waals surface area contributed by atoms with Crippen LogP contribution in [0.3, 0.4) is 0 Å². The highest BCUT2D eigenvalue weighted by molar-refractivity contribution is 5.87. The zero-order valence-electron chi connectivity index (χ0n) is 9.05. The molecule has 1 amide bonds. The minimum atomic E-state index is -1.31. The molecule has 0 aliphatic rings. The van der Waals surface area contributed by atoms with Crippen LogP contribution in [0.15, 0.2) is 0 Å². The Balaban J connectivity index is 4.35. The first-order valence-electron chi connectivity index (χ1n) is 4.82. The maximum absolute atomic E-state index is 11.4. The Bertz CT molecular complexity index is 347. The van der Waals surface area contributed by atoms with Gasteiger partial charge in [0.15, 0.2) is 0 Å². The van der Waals surface area contributed by atoms with Gasteiger partial charge >= 0.3 is 11.9 Å². The number of hydrogen-bond acceptors (Lipinski definition) is 4. The average molecular weight is 242 g/mol. The fraction of sp³-hybridized carbons (Fsp3) is 0.500. The number of carbonyl (C=O) groups excluding carboxylic acids is 1. The third-order valence-electron chi connectivity index (χ3n) is 1.94. The summed E-state index contributed by atoms with van der Waals surface area (Å²) in [6.45, 7) is 0. The summed E-state index contributed by atoms with van der Waals surface area (Å²) in [5.41, 5.74) is 5.37. The quantitative estimate of drug-likeness (QED) is 0.414. The molecule has 5 N–H and O–H groups in total. The first-order valence-corrected chi connectivity index (χ1v) is 4.82. The van der Waals surface area contributed by atoms with Gasteiger partial charge in [0, 0.05) is 12.8 Å². The molecule has 0 radical (unpaired) electrons. The molecule has 0 fully saturated rings. The SMILES string of the molecule is C#CCC(N)C(=O)NC(CCC(=O)O)C(=O)O. The van der Waals surface area contributed by atoms with Crippen LogP contribution < -0.4 is 11.1 Å². The van der Waals surface area contributed by atoms with Crippen LogP contribution in [0.4, 0.5) is 0 Å². The third-order valence-corrected chi connectivity index (χ3v) is 1.94. The van der Waals surface area contributed by atoms with E-state index in [-0.39, 0.29) is 19.3 Å². The van der Waals surface area contributed by atoms with Gasteiger partial charge in [-0.2, -0.15) is 0 Å². The summed E-state index contributed by atoms with van der Waals surface area (Å²) < 4.78 is 0. The summed E-state index contributed by atoms with van der Waals surface area (Å²) in [5.74, 6) is -0.987. The Kier molecular flexibility index (Phi) is 6.36. The van der Waals surface area contributed by atoms with Gasteiger partial charge < -0.3 is 21.3 Å². The molecule has 2 atom stereocenters. The molecule has 7 heteroatoms. The topological polar surface area (TPSA) is 130 Å². The number of carboxylic acids is 2. The minimum absolute atomic E-state index is 0.0168. The smallest absolute Gasteiger partial charge is 0.326 e. The second-order valence-electron chi connectivity index (χ2n) is 3.35. The Morgan fingerprint density at radius 2 is 1.94 bits per heavy atom. The molecule has 2 unspecified atom stereocenters. The van der Waals surface area contributed by atoms with Crippen molar-refractivity contribution in [2.45, 2.75) is 31.3 Å². The molecule has 0 aliphatic carbocycles. The van der Waals surface area contributed by atoms with E-state index in [2.05, 4.69) is 11.2 Å². The van der Waals surface area contributed by atoms with Crippen molar-refractivity contribution >= 4 is 17.8 Å². The van der Waals surface area contributed by atoms with Crippen LogP contribution in [0.1, 0.15) is 19.3 Å². The van der Waals surface area contributed by atoms with Crippen molar-refractivity contribution in [2.24, 2.45) is 5.73 Å². The average Bonchev–Trinajstić information content (AvgIpc) is 2.23. The molecule has 0 saturated carbocycles. The highest BCUT2D eigenvalue weighted by Crippen LogP contribution is 1.99. The normalized spacial score (nSPS) is 13.2. The van der Waals surface area contributed by atoms with Crippen molar-refractivity contribution < 1.29 is 24.6 Å². The van der Waals surface area contributed by atoms with Gasteiger partial charge in [-0.3, -0.25) is 9.59 Å². The predicted octanol–water partition coefficient (Wildman–Crippen LogP) is -1.23. The molecule has 0 spiro atoms. The maximum atomic E-state index is 11.4. The van der Waals surface area contributed by atoms with Crippen molar-refractivity contribution in [1.29, 1.82) is 0 Å². The van der Waals surface area contributed by atoms with Crippen molar-refractivity contribution in [3.63, 3.8) is 0 Å². The third kappa shape index (κ3) is 6.17. The zero-order valence-corrected chi connectivity index (χ0v) is 9.05.